The van der Waals surface area contributed by atoms with Gasteiger partial charge in [-0.15, -0.1) is 0 Å². The first kappa shape index (κ1) is 14.7. The normalized spacial score (nSPS) is 11.5. The lowest BCUT2D eigenvalue weighted by atomic mass is 9.93. The summed E-state index contributed by atoms with van der Waals surface area (Å²) in [5, 5.41) is 21.8. The average Bonchev–Trinajstić information content (AvgIpc) is 2.41. The molecule has 4 heteroatoms. The highest BCUT2D eigenvalue weighted by atomic mass is 16.4. The molecule has 0 heterocycles. The van der Waals surface area contributed by atoms with Crippen LogP contribution in [0, 0.1) is 0 Å². The zero-order chi connectivity index (χ0) is 13.6. The first-order valence-corrected chi connectivity index (χ1v) is 6.25. The molecule has 0 radical (unpaired) electrons. The van der Waals surface area contributed by atoms with Gasteiger partial charge in [0.15, 0.2) is 0 Å². The topological polar surface area (TPSA) is 69.6 Å². The first-order valence-electron chi connectivity index (χ1n) is 6.25. The monoisotopic (exact) mass is 251 g/mol. The second kappa shape index (κ2) is 6.52. The largest absolute Gasteiger partial charge is 0.478 e. The lowest BCUT2D eigenvalue weighted by Crippen LogP contribution is -2.47. The summed E-state index contributed by atoms with van der Waals surface area (Å²) in [5.41, 5.74) is 0.722. The highest BCUT2D eigenvalue weighted by molar-refractivity contribution is 5.89. The molecule has 3 N–H and O–H groups in total. The van der Waals surface area contributed by atoms with E-state index in [0.29, 0.717) is 12.1 Å². The fraction of sp³-hybridized carbons (Fsp3) is 0.500. The molecule has 0 aliphatic carbocycles. The maximum Gasteiger partial charge on any atom is 0.336 e. The van der Waals surface area contributed by atoms with Crippen LogP contribution in [0.1, 0.15) is 42.6 Å². The van der Waals surface area contributed by atoms with E-state index in [1.807, 2.05) is 19.9 Å². The molecule has 0 fully saturated rings. The van der Waals surface area contributed by atoms with E-state index in [-0.39, 0.29) is 12.1 Å². The molecule has 0 saturated carbocycles. The molecule has 0 spiro atoms. The van der Waals surface area contributed by atoms with Crippen molar-refractivity contribution in [3.63, 3.8) is 0 Å². The van der Waals surface area contributed by atoms with Gasteiger partial charge in [-0.25, -0.2) is 4.79 Å². The number of carboxylic acids is 1. The summed E-state index contributed by atoms with van der Waals surface area (Å²) in [6.07, 6.45) is 1.60. The Labute approximate surface area is 108 Å². The van der Waals surface area contributed by atoms with E-state index >= 15 is 0 Å². The third-order valence-corrected chi connectivity index (χ3v) is 3.56. The fourth-order valence-corrected chi connectivity index (χ4v) is 1.95. The maximum atomic E-state index is 11.1. The van der Waals surface area contributed by atoms with Crippen molar-refractivity contribution in [2.75, 3.05) is 6.61 Å². The summed E-state index contributed by atoms with van der Waals surface area (Å²) >= 11 is 0. The van der Waals surface area contributed by atoms with Gasteiger partial charge in [0.25, 0.3) is 0 Å². The Balaban J connectivity index is 2.83. The van der Waals surface area contributed by atoms with E-state index in [2.05, 4.69) is 5.32 Å². The van der Waals surface area contributed by atoms with Crippen LogP contribution < -0.4 is 5.32 Å². The lowest BCUT2D eigenvalue weighted by Gasteiger charge is -2.31. The van der Waals surface area contributed by atoms with Crippen LogP contribution in [0.2, 0.25) is 0 Å². The lowest BCUT2D eigenvalue weighted by molar-refractivity contribution is 0.0695. The van der Waals surface area contributed by atoms with Crippen molar-refractivity contribution < 1.29 is 15.0 Å². The molecule has 1 aromatic rings. The molecule has 0 aliphatic heterocycles. The minimum absolute atomic E-state index is 0.0508. The van der Waals surface area contributed by atoms with Crippen molar-refractivity contribution in [3.8, 4) is 0 Å². The van der Waals surface area contributed by atoms with Crippen LogP contribution in [0.4, 0.5) is 0 Å². The van der Waals surface area contributed by atoms with Crippen LogP contribution in [-0.4, -0.2) is 28.3 Å². The smallest absolute Gasteiger partial charge is 0.336 e. The number of aromatic carboxylic acids is 1. The Hall–Kier alpha value is -1.39. The Morgan fingerprint density at radius 3 is 2.39 bits per heavy atom. The summed E-state index contributed by atoms with van der Waals surface area (Å²) in [4.78, 5) is 11.1. The van der Waals surface area contributed by atoms with Gasteiger partial charge in [-0.1, -0.05) is 32.0 Å². The third kappa shape index (κ3) is 3.31. The molecule has 0 aliphatic rings. The molecular formula is C14H21NO3. The number of aliphatic hydroxyl groups is 1. The second-order valence-electron chi connectivity index (χ2n) is 4.46. The molecule has 0 amide bonds. The van der Waals surface area contributed by atoms with Gasteiger partial charge in [0, 0.05) is 12.1 Å². The second-order valence-corrected chi connectivity index (χ2v) is 4.46. The van der Waals surface area contributed by atoms with Crippen LogP contribution in [0.15, 0.2) is 24.3 Å². The summed E-state index contributed by atoms with van der Waals surface area (Å²) < 4.78 is 0. The molecule has 4 nitrogen and oxygen atoms in total. The highest BCUT2D eigenvalue weighted by Gasteiger charge is 2.24. The molecular weight excluding hydrogens is 230 g/mol. The molecule has 1 rings (SSSR count). The fourth-order valence-electron chi connectivity index (χ4n) is 1.95. The number of carboxylic acid groups (broad SMARTS) is 1. The standard InChI is InChI=1S/C14H21NO3/c1-3-14(4-2,10-16)15-9-11-7-5-6-8-12(11)13(17)18/h5-8,15-16H,3-4,9-10H2,1-2H3,(H,17,18). The molecule has 0 aromatic heterocycles. The molecule has 0 bridgehead atoms. The quantitative estimate of drug-likeness (QED) is 0.693. The number of hydrogen-bond acceptors (Lipinski definition) is 3. The van der Waals surface area contributed by atoms with Gasteiger partial charge in [0.2, 0.25) is 0 Å². The minimum atomic E-state index is -0.921. The Morgan fingerprint density at radius 2 is 1.89 bits per heavy atom. The SMILES string of the molecule is CCC(CC)(CO)NCc1ccccc1C(=O)O. The molecule has 0 atom stereocenters. The molecule has 1 aromatic carbocycles. The molecule has 100 valence electrons. The van der Waals surface area contributed by atoms with Crippen molar-refractivity contribution in [1.29, 1.82) is 0 Å². The predicted molar refractivity (Wildman–Crippen MR) is 70.6 cm³/mol. The predicted octanol–water partition coefficient (Wildman–Crippen LogP) is 2.03. The van der Waals surface area contributed by atoms with Gasteiger partial charge in [-0.3, -0.25) is 0 Å². The first-order chi connectivity index (χ1) is 8.58. The summed E-state index contributed by atoms with van der Waals surface area (Å²) in [7, 11) is 0. The number of benzene rings is 1. The number of nitrogens with one attached hydrogen (secondary N) is 1. The zero-order valence-corrected chi connectivity index (χ0v) is 10.9. The minimum Gasteiger partial charge on any atom is -0.478 e. The van der Waals surface area contributed by atoms with Crippen LogP contribution in [0.3, 0.4) is 0 Å². The number of rotatable bonds is 7. The van der Waals surface area contributed by atoms with Crippen molar-refractivity contribution in [2.45, 2.75) is 38.8 Å². The molecule has 18 heavy (non-hydrogen) atoms. The van der Waals surface area contributed by atoms with E-state index in [0.717, 1.165) is 18.4 Å². The van der Waals surface area contributed by atoms with Gasteiger partial charge in [0.1, 0.15) is 0 Å². The third-order valence-electron chi connectivity index (χ3n) is 3.56. The summed E-state index contributed by atoms with van der Waals surface area (Å²) in [6, 6.07) is 6.93. The van der Waals surface area contributed by atoms with E-state index in [1.165, 1.54) is 0 Å². The van der Waals surface area contributed by atoms with Gasteiger partial charge < -0.3 is 15.5 Å². The Morgan fingerprint density at radius 1 is 1.28 bits per heavy atom. The van der Waals surface area contributed by atoms with Crippen molar-refractivity contribution >= 4 is 5.97 Å². The molecule has 0 unspecified atom stereocenters. The van der Waals surface area contributed by atoms with E-state index < -0.39 is 5.97 Å². The van der Waals surface area contributed by atoms with Gasteiger partial charge in [-0.05, 0) is 24.5 Å². The van der Waals surface area contributed by atoms with Crippen LogP contribution in [0.25, 0.3) is 0 Å². The van der Waals surface area contributed by atoms with Crippen LogP contribution in [-0.2, 0) is 6.54 Å². The van der Waals surface area contributed by atoms with E-state index in [9.17, 15) is 9.90 Å². The summed E-state index contributed by atoms with van der Waals surface area (Å²) in [6.45, 7) is 4.52. The van der Waals surface area contributed by atoms with Crippen molar-refractivity contribution in [2.24, 2.45) is 0 Å². The van der Waals surface area contributed by atoms with Gasteiger partial charge in [0.05, 0.1) is 12.2 Å². The van der Waals surface area contributed by atoms with Crippen LogP contribution >= 0.6 is 0 Å². The zero-order valence-electron chi connectivity index (χ0n) is 10.9. The summed E-state index contributed by atoms with van der Waals surface area (Å²) in [5.74, 6) is -0.921. The number of hydrogen-bond donors (Lipinski definition) is 3. The van der Waals surface area contributed by atoms with Crippen molar-refractivity contribution in [3.05, 3.63) is 35.4 Å². The highest BCUT2D eigenvalue weighted by Crippen LogP contribution is 2.16. The number of aliphatic hydroxyl groups excluding tert-OH is 1. The van der Waals surface area contributed by atoms with Crippen LogP contribution in [0.5, 0.6) is 0 Å². The van der Waals surface area contributed by atoms with Gasteiger partial charge in [-0.2, -0.15) is 0 Å². The Kier molecular flexibility index (Phi) is 5.31. The number of carbonyl (C=O) groups is 1. The Bertz CT molecular complexity index is 392. The van der Waals surface area contributed by atoms with Crippen molar-refractivity contribution in [1.82, 2.24) is 5.32 Å². The molecule has 0 saturated heterocycles. The van der Waals surface area contributed by atoms with E-state index in [1.54, 1.807) is 18.2 Å². The maximum absolute atomic E-state index is 11.1. The van der Waals surface area contributed by atoms with E-state index in [4.69, 9.17) is 5.11 Å². The average molecular weight is 251 g/mol. The van der Waals surface area contributed by atoms with Gasteiger partial charge >= 0.3 is 5.97 Å².